The maximum atomic E-state index is 12.9. The van der Waals surface area contributed by atoms with E-state index >= 15 is 0 Å². The third kappa shape index (κ3) is 4.12. The first-order chi connectivity index (χ1) is 12.5. The maximum absolute atomic E-state index is 12.9. The number of carbonyl (C=O) groups excluding carboxylic acids is 2. The zero-order valence-corrected chi connectivity index (χ0v) is 15.9. The molecule has 2 aliphatic heterocycles. The van der Waals surface area contributed by atoms with Gasteiger partial charge in [-0.3, -0.25) is 9.59 Å². The largest absolute Gasteiger partial charge is 0.339 e. The van der Waals surface area contributed by atoms with Crippen LogP contribution in [0.2, 0.25) is 0 Å². The number of anilines is 1. The van der Waals surface area contributed by atoms with Crippen molar-refractivity contribution in [2.75, 3.05) is 63.8 Å². The Morgan fingerprint density at radius 3 is 2.15 bits per heavy atom. The highest BCUT2D eigenvalue weighted by Gasteiger charge is 2.25. The van der Waals surface area contributed by atoms with Crippen LogP contribution >= 0.6 is 0 Å². The second-order valence-electron chi connectivity index (χ2n) is 6.91. The van der Waals surface area contributed by atoms with Gasteiger partial charge in [0.15, 0.2) is 0 Å². The van der Waals surface area contributed by atoms with Crippen LogP contribution in [0, 0.1) is 6.92 Å². The highest BCUT2D eigenvalue weighted by Crippen LogP contribution is 2.15. The zero-order valence-electron chi connectivity index (χ0n) is 15.9. The van der Waals surface area contributed by atoms with Crippen LogP contribution in [0.5, 0.6) is 0 Å². The van der Waals surface area contributed by atoms with Crippen LogP contribution in [-0.2, 0) is 4.79 Å². The molecule has 0 N–H and O–H groups in total. The monoisotopic (exact) mass is 360 g/mol. The predicted molar refractivity (Wildman–Crippen MR) is 99.3 cm³/mol. The van der Waals surface area contributed by atoms with Gasteiger partial charge in [-0.2, -0.15) is 0 Å². The standard InChI is InChI=1S/C18H28N6O2/c1-4-21-5-7-23(8-6-21)17(26)16-13-14(2)19-18(20-16)24-11-9-22(10-12-24)15(3)25/h13H,4-12H2,1-3H3. The number of aryl methyl sites for hydroxylation is 1. The molecule has 0 atom stereocenters. The molecule has 1 aromatic rings. The molecule has 8 nitrogen and oxygen atoms in total. The SMILES string of the molecule is CCN1CCN(C(=O)c2cc(C)nc(N3CCN(C(C)=O)CC3)n2)CC1. The van der Waals surface area contributed by atoms with Crippen LogP contribution in [0.3, 0.4) is 0 Å². The van der Waals surface area contributed by atoms with E-state index in [0.717, 1.165) is 38.4 Å². The van der Waals surface area contributed by atoms with Crippen LogP contribution < -0.4 is 4.90 Å². The highest BCUT2D eigenvalue weighted by molar-refractivity contribution is 5.92. The average molecular weight is 360 g/mol. The Morgan fingerprint density at radius 2 is 1.58 bits per heavy atom. The first-order valence-electron chi connectivity index (χ1n) is 9.35. The first-order valence-corrected chi connectivity index (χ1v) is 9.35. The van der Waals surface area contributed by atoms with Gasteiger partial charge in [-0.15, -0.1) is 0 Å². The average Bonchev–Trinajstić information content (AvgIpc) is 2.67. The van der Waals surface area contributed by atoms with Gasteiger partial charge in [-0.05, 0) is 19.5 Å². The van der Waals surface area contributed by atoms with Crippen molar-refractivity contribution < 1.29 is 9.59 Å². The molecule has 2 amide bonds. The van der Waals surface area contributed by atoms with E-state index in [4.69, 9.17) is 0 Å². The molecule has 0 bridgehead atoms. The molecule has 2 fully saturated rings. The molecule has 0 radical (unpaired) electrons. The molecule has 3 heterocycles. The minimum absolute atomic E-state index is 0.0186. The molecular formula is C18H28N6O2. The third-order valence-electron chi connectivity index (χ3n) is 5.18. The van der Waals surface area contributed by atoms with Crippen molar-refractivity contribution in [3.8, 4) is 0 Å². The lowest BCUT2D eigenvalue weighted by atomic mass is 10.2. The number of hydrogen-bond acceptors (Lipinski definition) is 6. The van der Waals surface area contributed by atoms with Gasteiger partial charge in [-0.1, -0.05) is 6.92 Å². The van der Waals surface area contributed by atoms with Gasteiger partial charge in [-0.25, -0.2) is 9.97 Å². The quantitative estimate of drug-likeness (QED) is 0.768. The molecule has 0 spiro atoms. The Labute approximate surface area is 154 Å². The van der Waals surface area contributed by atoms with Gasteiger partial charge >= 0.3 is 0 Å². The molecule has 0 aromatic carbocycles. The number of aromatic nitrogens is 2. The van der Waals surface area contributed by atoms with E-state index in [1.165, 1.54) is 0 Å². The molecule has 26 heavy (non-hydrogen) atoms. The number of carbonyl (C=O) groups is 2. The normalized spacial score (nSPS) is 19.0. The molecule has 142 valence electrons. The van der Waals surface area contributed by atoms with E-state index in [9.17, 15) is 9.59 Å². The van der Waals surface area contributed by atoms with E-state index in [1.807, 2.05) is 16.7 Å². The van der Waals surface area contributed by atoms with Crippen molar-refractivity contribution in [2.45, 2.75) is 20.8 Å². The Hall–Kier alpha value is -2.22. The summed E-state index contributed by atoms with van der Waals surface area (Å²) < 4.78 is 0. The highest BCUT2D eigenvalue weighted by atomic mass is 16.2. The van der Waals surface area contributed by atoms with Crippen LogP contribution in [0.4, 0.5) is 5.95 Å². The summed E-state index contributed by atoms with van der Waals surface area (Å²) in [6.07, 6.45) is 0. The molecule has 0 aliphatic carbocycles. The molecule has 2 saturated heterocycles. The molecule has 2 aliphatic rings. The summed E-state index contributed by atoms with van der Waals surface area (Å²) in [4.78, 5) is 41.5. The fraction of sp³-hybridized carbons (Fsp3) is 0.667. The van der Waals surface area contributed by atoms with E-state index in [0.29, 0.717) is 37.8 Å². The van der Waals surface area contributed by atoms with E-state index < -0.39 is 0 Å². The summed E-state index contributed by atoms with van der Waals surface area (Å²) in [6.45, 7) is 12.6. The van der Waals surface area contributed by atoms with Gasteiger partial charge < -0.3 is 19.6 Å². The van der Waals surface area contributed by atoms with Gasteiger partial charge in [0.2, 0.25) is 11.9 Å². The molecular weight excluding hydrogens is 332 g/mol. The number of piperazine rings is 2. The minimum Gasteiger partial charge on any atom is -0.339 e. The Kier molecular flexibility index (Phi) is 5.70. The molecule has 1 aromatic heterocycles. The Bertz CT molecular complexity index is 664. The minimum atomic E-state index is -0.0186. The predicted octanol–water partition coefficient (Wildman–Crippen LogP) is 0.231. The van der Waals surface area contributed by atoms with Crippen molar-refractivity contribution in [1.82, 2.24) is 24.7 Å². The van der Waals surface area contributed by atoms with Crippen LogP contribution in [0.15, 0.2) is 6.07 Å². The lowest BCUT2D eigenvalue weighted by Crippen LogP contribution is -2.49. The Morgan fingerprint density at radius 1 is 0.962 bits per heavy atom. The topological polar surface area (TPSA) is 72.9 Å². The van der Waals surface area contributed by atoms with Gasteiger partial charge in [0.1, 0.15) is 5.69 Å². The summed E-state index contributed by atoms with van der Waals surface area (Å²) in [5, 5.41) is 0. The lowest BCUT2D eigenvalue weighted by molar-refractivity contribution is -0.129. The fourth-order valence-corrected chi connectivity index (χ4v) is 3.45. The van der Waals surface area contributed by atoms with Crippen molar-refractivity contribution in [1.29, 1.82) is 0 Å². The lowest BCUT2D eigenvalue weighted by Gasteiger charge is -2.35. The molecule has 8 heteroatoms. The van der Waals surface area contributed by atoms with Crippen LogP contribution in [-0.4, -0.2) is 95.4 Å². The van der Waals surface area contributed by atoms with Crippen LogP contribution in [0.25, 0.3) is 0 Å². The third-order valence-corrected chi connectivity index (χ3v) is 5.18. The number of rotatable bonds is 3. The van der Waals surface area contributed by atoms with Gasteiger partial charge in [0, 0.05) is 65.0 Å². The first kappa shape index (κ1) is 18.6. The van der Waals surface area contributed by atoms with Gasteiger partial charge in [0.05, 0.1) is 0 Å². The van der Waals surface area contributed by atoms with Gasteiger partial charge in [0.25, 0.3) is 5.91 Å². The van der Waals surface area contributed by atoms with Crippen molar-refractivity contribution in [2.24, 2.45) is 0 Å². The van der Waals surface area contributed by atoms with Crippen molar-refractivity contribution in [3.63, 3.8) is 0 Å². The smallest absolute Gasteiger partial charge is 0.272 e. The van der Waals surface area contributed by atoms with Crippen LogP contribution in [0.1, 0.15) is 30.0 Å². The summed E-state index contributed by atoms with van der Waals surface area (Å²) in [5.74, 6) is 0.663. The number of hydrogen-bond donors (Lipinski definition) is 0. The zero-order chi connectivity index (χ0) is 18.7. The van der Waals surface area contributed by atoms with Crippen molar-refractivity contribution in [3.05, 3.63) is 17.5 Å². The fourth-order valence-electron chi connectivity index (χ4n) is 3.45. The summed E-state index contributed by atoms with van der Waals surface area (Å²) in [7, 11) is 0. The maximum Gasteiger partial charge on any atom is 0.272 e. The number of amides is 2. The second-order valence-corrected chi connectivity index (χ2v) is 6.91. The molecule has 0 unspecified atom stereocenters. The summed E-state index contributed by atoms with van der Waals surface area (Å²) in [6, 6.07) is 1.77. The Balaban J connectivity index is 1.70. The van der Waals surface area contributed by atoms with Crippen molar-refractivity contribution >= 4 is 17.8 Å². The molecule has 0 saturated carbocycles. The molecule has 3 rings (SSSR count). The van der Waals surface area contributed by atoms with E-state index in [1.54, 1.807) is 13.0 Å². The number of nitrogens with zero attached hydrogens (tertiary/aromatic N) is 6. The summed E-state index contributed by atoms with van der Waals surface area (Å²) >= 11 is 0. The number of likely N-dealkylation sites (N-methyl/N-ethyl adjacent to an activating group) is 1. The second kappa shape index (κ2) is 7.99. The van der Waals surface area contributed by atoms with E-state index in [2.05, 4.69) is 26.7 Å². The summed E-state index contributed by atoms with van der Waals surface area (Å²) in [5.41, 5.74) is 1.26. The van der Waals surface area contributed by atoms with E-state index in [-0.39, 0.29) is 11.8 Å².